The Morgan fingerprint density at radius 1 is 1.05 bits per heavy atom. The Hall–Kier alpha value is -2.29. The second kappa shape index (κ2) is 4.76. The number of benzene rings is 1. The average molecular weight is 251 g/mol. The fraction of sp³-hybridized carbons (Fsp3) is 0.188. The van der Waals surface area contributed by atoms with Crippen molar-refractivity contribution in [2.45, 2.75) is 19.8 Å². The quantitative estimate of drug-likeness (QED) is 0.777. The van der Waals surface area contributed by atoms with E-state index in [0.29, 0.717) is 0 Å². The van der Waals surface area contributed by atoms with Crippen LogP contribution in [0.1, 0.15) is 16.8 Å². The molecule has 0 saturated carbocycles. The summed E-state index contributed by atoms with van der Waals surface area (Å²) in [7, 11) is 0. The fourth-order valence-corrected chi connectivity index (χ4v) is 2.36. The van der Waals surface area contributed by atoms with E-state index in [0.717, 1.165) is 35.6 Å². The van der Waals surface area contributed by atoms with E-state index in [1.165, 1.54) is 5.56 Å². The largest absolute Gasteiger partial charge is 0.383 e. The van der Waals surface area contributed by atoms with E-state index in [9.17, 15) is 0 Å². The van der Waals surface area contributed by atoms with Crippen LogP contribution >= 0.6 is 0 Å². The van der Waals surface area contributed by atoms with Gasteiger partial charge in [-0.2, -0.15) is 0 Å². The van der Waals surface area contributed by atoms with E-state index in [-0.39, 0.29) is 0 Å². The molecule has 2 heterocycles. The maximum atomic E-state index is 6.17. The highest BCUT2D eigenvalue weighted by atomic mass is 15.1. The Kier molecular flexibility index (Phi) is 2.95. The number of aryl methyl sites for hydroxylation is 3. The maximum Gasteiger partial charge on any atom is 0.141 e. The zero-order valence-electron chi connectivity index (χ0n) is 11.0. The molecule has 0 aliphatic carbocycles. The van der Waals surface area contributed by atoms with Gasteiger partial charge < -0.3 is 5.73 Å². The number of hydrogen-bond acceptors (Lipinski definition) is 2. The lowest BCUT2D eigenvalue weighted by atomic mass is 10.1. The summed E-state index contributed by atoms with van der Waals surface area (Å²) in [5.41, 5.74) is 10.6. The SMILES string of the molecule is Cc1cccn2c(N)c(CCc3ccccc3)nc12. The zero-order chi connectivity index (χ0) is 13.2. The van der Waals surface area contributed by atoms with Crippen molar-refractivity contribution < 1.29 is 0 Å². The van der Waals surface area contributed by atoms with E-state index >= 15 is 0 Å². The number of hydrogen-bond donors (Lipinski definition) is 1. The summed E-state index contributed by atoms with van der Waals surface area (Å²) in [5, 5.41) is 0. The molecule has 96 valence electrons. The van der Waals surface area contributed by atoms with E-state index in [4.69, 9.17) is 5.73 Å². The first kappa shape index (κ1) is 11.8. The van der Waals surface area contributed by atoms with Crippen molar-refractivity contribution >= 4 is 11.5 Å². The molecule has 0 unspecified atom stereocenters. The Balaban J connectivity index is 1.89. The molecule has 1 aromatic carbocycles. The lowest BCUT2D eigenvalue weighted by Gasteiger charge is -2.00. The molecule has 0 aliphatic heterocycles. The van der Waals surface area contributed by atoms with Gasteiger partial charge in [-0.15, -0.1) is 0 Å². The lowest BCUT2D eigenvalue weighted by molar-refractivity contribution is 0.931. The van der Waals surface area contributed by atoms with Gasteiger partial charge in [-0.3, -0.25) is 4.40 Å². The first-order valence-corrected chi connectivity index (χ1v) is 6.51. The summed E-state index contributed by atoms with van der Waals surface area (Å²) in [5.74, 6) is 0.759. The van der Waals surface area contributed by atoms with Crippen molar-refractivity contribution in [2.75, 3.05) is 5.73 Å². The first-order valence-electron chi connectivity index (χ1n) is 6.51. The van der Waals surface area contributed by atoms with E-state index < -0.39 is 0 Å². The van der Waals surface area contributed by atoms with E-state index in [2.05, 4.69) is 42.2 Å². The van der Waals surface area contributed by atoms with Crippen LogP contribution < -0.4 is 5.73 Å². The highest BCUT2D eigenvalue weighted by Crippen LogP contribution is 2.19. The van der Waals surface area contributed by atoms with Crippen LogP contribution in [0.3, 0.4) is 0 Å². The predicted octanol–water partition coefficient (Wildman–Crippen LogP) is 3.01. The number of rotatable bonds is 3. The number of fused-ring (bicyclic) bond motifs is 1. The summed E-state index contributed by atoms with van der Waals surface area (Å²) >= 11 is 0. The van der Waals surface area contributed by atoms with E-state index in [1.807, 2.05) is 22.7 Å². The molecule has 3 heteroatoms. The number of nitrogen functional groups attached to an aromatic ring is 1. The fourth-order valence-electron chi connectivity index (χ4n) is 2.36. The van der Waals surface area contributed by atoms with Gasteiger partial charge >= 0.3 is 0 Å². The maximum absolute atomic E-state index is 6.17. The highest BCUT2D eigenvalue weighted by molar-refractivity contribution is 5.57. The van der Waals surface area contributed by atoms with Crippen LogP contribution in [0, 0.1) is 6.92 Å². The minimum absolute atomic E-state index is 0.759. The topological polar surface area (TPSA) is 43.3 Å². The first-order chi connectivity index (χ1) is 9.25. The molecule has 3 nitrogen and oxygen atoms in total. The van der Waals surface area contributed by atoms with Gasteiger partial charge in [0, 0.05) is 6.20 Å². The number of nitrogens with zero attached hydrogens (tertiary/aromatic N) is 2. The molecule has 0 atom stereocenters. The molecule has 0 radical (unpaired) electrons. The highest BCUT2D eigenvalue weighted by Gasteiger charge is 2.10. The van der Waals surface area contributed by atoms with Crippen molar-refractivity contribution in [3.05, 3.63) is 65.5 Å². The van der Waals surface area contributed by atoms with Crippen molar-refractivity contribution in [3.8, 4) is 0 Å². The van der Waals surface area contributed by atoms with Gasteiger partial charge in [0.1, 0.15) is 11.5 Å². The smallest absolute Gasteiger partial charge is 0.141 e. The second-order valence-corrected chi connectivity index (χ2v) is 4.81. The van der Waals surface area contributed by atoms with Crippen LogP contribution in [0.4, 0.5) is 5.82 Å². The van der Waals surface area contributed by atoms with Gasteiger partial charge in [0.2, 0.25) is 0 Å². The number of nitrogens with two attached hydrogens (primary N) is 1. The van der Waals surface area contributed by atoms with Crippen molar-refractivity contribution in [3.63, 3.8) is 0 Å². The summed E-state index contributed by atoms with van der Waals surface area (Å²) < 4.78 is 1.97. The molecular formula is C16H17N3. The van der Waals surface area contributed by atoms with Crippen LogP contribution in [-0.4, -0.2) is 9.38 Å². The molecule has 3 rings (SSSR count). The van der Waals surface area contributed by atoms with Gasteiger partial charge in [-0.05, 0) is 37.0 Å². The van der Waals surface area contributed by atoms with Gasteiger partial charge in [-0.25, -0.2) is 4.98 Å². The Bertz CT molecular complexity index is 699. The number of aromatic nitrogens is 2. The molecule has 2 N–H and O–H groups in total. The normalized spacial score (nSPS) is 11.0. The molecule has 19 heavy (non-hydrogen) atoms. The summed E-state index contributed by atoms with van der Waals surface area (Å²) in [6.45, 7) is 2.06. The molecule has 3 aromatic rings. The number of anilines is 1. The molecule has 0 saturated heterocycles. The Morgan fingerprint density at radius 3 is 2.58 bits per heavy atom. The van der Waals surface area contributed by atoms with E-state index in [1.54, 1.807) is 0 Å². The van der Waals surface area contributed by atoms with Crippen LogP contribution in [0.25, 0.3) is 5.65 Å². The predicted molar refractivity (Wildman–Crippen MR) is 78.2 cm³/mol. The van der Waals surface area contributed by atoms with Crippen molar-refractivity contribution in [2.24, 2.45) is 0 Å². The third kappa shape index (κ3) is 2.19. The van der Waals surface area contributed by atoms with Gasteiger partial charge in [0.15, 0.2) is 0 Å². The molecular weight excluding hydrogens is 234 g/mol. The lowest BCUT2D eigenvalue weighted by Crippen LogP contribution is -1.98. The summed E-state index contributed by atoms with van der Waals surface area (Å²) in [6.07, 6.45) is 3.81. The third-order valence-electron chi connectivity index (χ3n) is 3.45. The number of imidazole rings is 1. The Labute approximate surface area is 112 Å². The summed E-state index contributed by atoms with van der Waals surface area (Å²) in [6, 6.07) is 14.5. The third-order valence-corrected chi connectivity index (χ3v) is 3.45. The molecule has 0 aliphatic rings. The van der Waals surface area contributed by atoms with Crippen LogP contribution in [0.15, 0.2) is 48.7 Å². The average Bonchev–Trinajstić information content (AvgIpc) is 2.77. The van der Waals surface area contributed by atoms with Crippen LogP contribution in [0.5, 0.6) is 0 Å². The molecule has 0 bridgehead atoms. The molecule has 0 amide bonds. The molecule has 2 aromatic heterocycles. The second-order valence-electron chi connectivity index (χ2n) is 4.81. The molecule has 0 fully saturated rings. The summed E-state index contributed by atoms with van der Waals surface area (Å²) in [4.78, 5) is 4.66. The van der Waals surface area contributed by atoms with Crippen LogP contribution in [0.2, 0.25) is 0 Å². The Morgan fingerprint density at radius 2 is 1.84 bits per heavy atom. The van der Waals surface area contributed by atoms with Crippen LogP contribution in [-0.2, 0) is 12.8 Å². The number of pyridine rings is 1. The standard InChI is InChI=1S/C16H17N3/c1-12-6-5-11-19-15(17)14(18-16(12)19)10-9-13-7-3-2-4-8-13/h2-8,11H,9-10,17H2,1H3. The van der Waals surface area contributed by atoms with Crippen molar-refractivity contribution in [1.82, 2.24) is 9.38 Å². The van der Waals surface area contributed by atoms with Gasteiger partial charge in [0.25, 0.3) is 0 Å². The molecule has 0 spiro atoms. The minimum Gasteiger partial charge on any atom is -0.383 e. The zero-order valence-corrected chi connectivity index (χ0v) is 11.0. The monoisotopic (exact) mass is 251 g/mol. The van der Waals surface area contributed by atoms with Gasteiger partial charge in [-0.1, -0.05) is 36.4 Å². The minimum atomic E-state index is 0.759. The van der Waals surface area contributed by atoms with Crippen molar-refractivity contribution in [1.29, 1.82) is 0 Å². The van der Waals surface area contributed by atoms with Gasteiger partial charge in [0.05, 0.1) is 5.69 Å².